The van der Waals surface area contributed by atoms with Gasteiger partial charge >= 0.3 is 0 Å². The van der Waals surface area contributed by atoms with Crippen LogP contribution in [0, 0.1) is 0 Å². The second-order valence-corrected chi connectivity index (χ2v) is 9.60. The summed E-state index contributed by atoms with van der Waals surface area (Å²) < 4.78 is 7.24. The predicted molar refractivity (Wildman–Crippen MR) is 132 cm³/mol. The summed E-state index contributed by atoms with van der Waals surface area (Å²) in [5.74, 6) is 0.664. The first-order valence-electron chi connectivity index (χ1n) is 10.7. The number of ether oxygens (including phenoxy) is 1. The van der Waals surface area contributed by atoms with E-state index in [1.807, 2.05) is 42.1 Å². The quantitative estimate of drug-likeness (QED) is 0.232. The summed E-state index contributed by atoms with van der Waals surface area (Å²) in [6.07, 6.45) is 3.74. The highest BCUT2D eigenvalue weighted by Crippen LogP contribution is 2.26. The van der Waals surface area contributed by atoms with E-state index in [4.69, 9.17) is 9.72 Å². The molecule has 2 heterocycles. The molecule has 0 radical (unpaired) electrons. The molecule has 0 bridgehead atoms. The minimum absolute atomic E-state index is 0.0876. The Kier molecular flexibility index (Phi) is 9.19. The van der Waals surface area contributed by atoms with Crippen molar-refractivity contribution in [2.24, 2.45) is 0 Å². The summed E-state index contributed by atoms with van der Waals surface area (Å²) in [7, 11) is 0. The molecule has 1 amide bonds. The summed E-state index contributed by atoms with van der Waals surface area (Å²) in [6.45, 7) is 9.09. The topological polar surface area (TPSA) is 94.0 Å². The van der Waals surface area contributed by atoms with Crippen LogP contribution < -0.4 is 10.6 Å². The van der Waals surface area contributed by atoms with Crippen molar-refractivity contribution in [2.75, 3.05) is 37.9 Å². The monoisotopic (exact) mass is 474 g/mol. The molecule has 0 aliphatic carbocycles. The standard InChI is InChI=1S/C22H30N6O2S2/c1-5-30-13-11-23-19-17-14-25-28(20(17)27-22(26-19)32-15(2)3)12-10-24-21(29)16-8-6-7-9-18(16)31-4/h6-9,14-15H,5,10-13H2,1-4H3,(H,24,29)(H,23,26,27). The van der Waals surface area contributed by atoms with Crippen LogP contribution in [0.15, 0.2) is 40.5 Å². The first kappa shape index (κ1) is 24.3. The molecule has 8 nitrogen and oxygen atoms in total. The molecule has 3 aromatic rings. The van der Waals surface area contributed by atoms with E-state index in [-0.39, 0.29) is 5.91 Å². The first-order valence-corrected chi connectivity index (χ1v) is 12.8. The van der Waals surface area contributed by atoms with Gasteiger partial charge < -0.3 is 15.4 Å². The van der Waals surface area contributed by atoms with Gasteiger partial charge in [-0.1, -0.05) is 37.7 Å². The van der Waals surface area contributed by atoms with Crippen LogP contribution in [0.25, 0.3) is 11.0 Å². The molecule has 0 saturated heterocycles. The molecule has 0 atom stereocenters. The van der Waals surface area contributed by atoms with Gasteiger partial charge in [0.25, 0.3) is 5.91 Å². The van der Waals surface area contributed by atoms with Crippen molar-refractivity contribution < 1.29 is 9.53 Å². The lowest BCUT2D eigenvalue weighted by molar-refractivity contribution is 0.0949. The smallest absolute Gasteiger partial charge is 0.252 e. The summed E-state index contributed by atoms with van der Waals surface area (Å²) in [5, 5.41) is 12.8. The van der Waals surface area contributed by atoms with Gasteiger partial charge in [0, 0.05) is 29.8 Å². The maximum atomic E-state index is 12.6. The maximum Gasteiger partial charge on any atom is 0.252 e. The van der Waals surface area contributed by atoms with Gasteiger partial charge in [0.2, 0.25) is 0 Å². The van der Waals surface area contributed by atoms with Crippen LogP contribution in [-0.2, 0) is 11.3 Å². The third-order valence-electron chi connectivity index (χ3n) is 4.52. The number of carbonyl (C=O) groups is 1. The van der Waals surface area contributed by atoms with E-state index in [1.165, 1.54) is 0 Å². The van der Waals surface area contributed by atoms with E-state index in [0.717, 1.165) is 21.7 Å². The Morgan fingerprint density at radius 2 is 2.03 bits per heavy atom. The van der Waals surface area contributed by atoms with Gasteiger partial charge in [0.1, 0.15) is 5.82 Å². The summed E-state index contributed by atoms with van der Waals surface area (Å²) in [4.78, 5) is 23.0. The molecule has 32 heavy (non-hydrogen) atoms. The number of fused-ring (bicyclic) bond motifs is 1. The highest BCUT2D eigenvalue weighted by atomic mass is 32.2. The van der Waals surface area contributed by atoms with Crippen LogP contribution >= 0.6 is 23.5 Å². The summed E-state index contributed by atoms with van der Waals surface area (Å²) >= 11 is 3.17. The highest BCUT2D eigenvalue weighted by Gasteiger charge is 2.15. The van der Waals surface area contributed by atoms with Crippen LogP contribution in [0.3, 0.4) is 0 Å². The minimum Gasteiger partial charge on any atom is -0.380 e. The molecule has 3 rings (SSSR count). The number of aromatic nitrogens is 4. The Hall–Kier alpha value is -2.30. The first-order chi connectivity index (χ1) is 15.5. The van der Waals surface area contributed by atoms with Crippen molar-refractivity contribution in [3.05, 3.63) is 36.0 Å². The van der Waals surface area contributed by atoms with E-state index < -0.39 is 0 Å². The van der Waals surface area contributed by atoms with Gasteiger partial charge in [0.15, 0.2) is 10.8 Å². The summed E-state index contributed by atoms with van der Waals surface area (Å²) in [5.41, 5.74) is 1.44. The molecule has 2 aromatic heterocycles. The van der Waals surface area contributed by atoms with E-state index in [2.05, 4.69) is 34.6 Å². The van der Waals surface area contributed by atoms with E-state index in [0.29, 0.717) is 48.8 Å². The third kappa shape index (κ3) is 6.36. The largest absolute Gasteiger partial charge is 0.380 e. The molecular formula is C22H30N6O2S2. The fourth-order valence-corrected chi connectivity index (χ4v) is 4.39. The van der Waals surface area contributed by atoms with Crippen LogP contribution in [-0.4, -0.2) is 63.5 Å². The molecule has 0 aliphatic heterocycles. The van der Waals surface area contributed by atoms with Gasteiger partial charge in [-0.2, -0.15) is 5.10 Å². The Morgan fingerprint density at radius 3 is 2.78 bits per heavy atom. The molecule has 0 aliphatic rings. The fourth-order valence-electron chi connectivity index (χ4n) is 3.09. The Morgan fingerprint density at radius 1 is 1.22 bits per heavy atom. The average molecular weight is 475 g/mol. The van der Waals surface area contributed by atoms with Crippen LogP contribution in [0.2, 0.25) is 0 Å². The molecule has 10 heteroatoms. The van der Waals surface area contributed by atoms with E-state index in [9.17, 15) is 4.79 Å². The zero-order valence-corrected chi connectivity index (χ0v) is 20.6. The molecule has 0 fully saturated rings. The molecule has 0 saturated carbocycles. The SMILES string of the molecule is CCOCCNc1nc(SC(C)C)nc2c1cnn2CCNC(=O)c1ccccc1SC. The number of benzene rings is 1. The Labute approximate surface area is 197 Å². The van der Waals surface area contributed by atoms with E-state index in [1.54, 1.807) is 29.7 Å². The normalized spacial score (nSPS) is 11.3. The number of nitrogens with one attached hydrogen (secondary N) is 2. The van der Waals surface area contributed by atoms with Gasteiger partial charge in [-0.25, -0.2) is 14.6 Å². The van der Waals surface area contributed by atoms with E-state index >= 15 is 0 Å². The van der Waals surface area contributed by atoms with Gasteiger partial charge in [-0.3, -0.25) is 4.79 Å². The number of hydrogen-bond donors (Lipinski definition) is 2. The number of anilines is 1. The van der Waals surface area contributed by atoms with Gasteiger partial charge in [-0.05, 0) is 25.3 Å². The second kappa shape index (κ2) is 12.1. The van der Waals surface area contributed by atoms with Crippen molar-refractivity contribution in [1.29, 1.82) is 0 Å². The predicted octanol–water partition coefficient (Wildman–Crippen LogP) is 3.93. The zero-order chi connectivity index (χ0) is 22.9. The van der Waals surface area contributed by atoms with Gasteiger partial charge in [0.05, 0.1) is 30.3 Å². The molecular weight excluding hydrogens is 444 g/mol. The van der Waals surface area contributed by atoms with Gasteiger partial charge in [-0.15, -0.1) is 11.8 Å². The lowest BCUT2D eigenvalue weighted by Crippen LogP contribution is -2.28. The Bertz CT molecular complexity index is 1040. The van der Waals surface area contributed by atoms with Crippen LogP contribution in [0.4, 0.5) is 5.82 Å². The number of hydrogen-bond acceptors (Lipinski definition) is 8. The zero-order valence-electron chi connectivity index (χ0n) is 18.9. The number of carbonyl (C=O) groups excluding carboxylic acids is 1. The molecule has 1 aromatic carbocycles. The number of rotatable bonds is 12. The minimum atomic E-state index is -0.0876. The lowest BCUT2D eigenvalue weighted by Gasteiger charge is -2.11. The Balaban J connectivity index is 1.74. The van der Waals surface area contributed by atoms with Crippen LogP contribution in [0.5, 0.6) is 0 Å². The lowest BCUT2D eigenvalue weighted by atomic mass is 10.2. The van der Waals surface area contributed by atoms with Crippen molar-refractivity contribution >= 4 is 46.3 Å². The summed E-state index contributed by atoms with van der Waals surface area (Å²) in [6, 6.07) is 7.60. The van der Waals surface area contributed by atoms with Crippen molar-refractivity contribution in [3.63, 3.8) is 0 Å². The number of thioether (sulfide) groups is 2. The molecule has 0 unspecified atom stereocenters. The average Bonchev–Trinajstić information content (AvgIpc) is 3.19. The highest BCUT2D eigenvalue weighted by molar-refractivity contribution is 7.99. The molecule has 172 valence electrons. The third-order valence-corrected chi connectivity index (χ3v) is 6.18. The number of amides is 1. The van der Waals surface area contributed by atoms with Crippen LogP contribution in [0.1, 0.15) is 31.1 Å². The fraction of sp³-hybridized carbons (Fsp3) is 0.455. The molecule has 2 N–H and O–H groups in total. The maximum absolute atomic E-state index is 12.6. The van der Waals surface area contributed by atoms with Crippen molar-refractivity contribution in [3.8, 4) is 0 Å². The van der Waals surface area contributed by atoms with Crippen molar-refractivity contribution in [2.45, 2.75) is 42.6 Å². The molecule has 0 spiro atoms. The second-order valence-electron chi connectivity index (χ2n) is 7.21. The number of nitrogens with zero attached hydrogens (tertiary/aromatic N) is 4. The van der Waals surface area contributed by atoms with Crippen molar-refractivity contribution in [1.82, 2.24) is 25.1 Å².